The molecule has 0 aromatic heterocycles. The van der Waals surface area contributed by atoms with Crippen LogP contribution >= 0.6 is 0 Å². The summed E-state index contributed by atoms with van der Waals surface area (Å²) in [5.41, 5.74) is 0. The van der Waals surface area contributed by atoms with E-state index in [1.807, 2.05) is 6.92 Å². The predicted octanol–water partition coefficient (Wildman–Crippen LogP) is 0.988. The highest BCUT2D eigenvalue weighted by Gasteiger charge is 1.87. The van der Waals surface area contributed by atoms with Gasteiger partial charge in [-0.05, 0) is 6.92 Å². The Balaban J connectivity index is 3.32. The molecule has 0 aromatic carbocycles. The molecule has 0 rings (SSSR count). The first kappa shape index (κ1) is 8.14. The molecule has 0 N–H and O–H groups in total. The maximum atomic E-state index is 10.4. The summed E-state index contributed by atoms with van der Waals surface area (Å²) >= 11 is 0. The van der Waals surface area contributed by atoms with Crippen LogP contribution in [0.25, 0.3) is 0 Å². The van der Waals surface area contributed by atoms with Crippen LogP contribution in [0.3, 0.4) is 0 Å². The number of hydrogen-bond donors (Lipinski definition) is 0. The van der Waals surface area contributed by atoms with Crippen molar-refractivity contribution in [1.29, 1.82) is 0 Å². The van der Waals surface area contributed by atoms with E-state index in [0.717, 1.165) is 0 Å². The molecule has 0 fully saturated rings. The number of aliphatic imine (C=N–C) groups is 1. The maximum absolute atomic E-state index is 10.4. The average molecular weight is 129 g/mol. The van der Waals surface area contributed by atoms with E-state index in [2.05, 4.69) is 4.99 Å². The molecule has 0 aliphatic heterocycles. The van der Waals surface area contributed by atoms with Crippen LogP contribution in [0.2, 0.25) is 0 Å². The van der Waals surface area contributed by atoms with Gasteiger partial charge in [0.25, 0.3) is 0 Å². The maximum Gasteiger partial charge on any atom is 0.248 e. The van der Waals surface area contributed by atoms with Gasteiger partial charge in [-0.25, -0.2) is 0 Å². The summed E-state index contributed by atoms with van der Waals surface area (Å²) in [6, 6.07) is 0. The van der Waals surface area contributed by atoms with Crippen molar-refractivity contribution in [2.45, 2.75) is 20.3 Å². The van der Waals surface area contributed by atoms with Gasteiger partial charge in [0, 0.05) is 6.42 Å². The fraction of sp³-hybridized carbons (Fsp3) is 0.667. The van der Waals surface area contributed by atoms with Gasteiger partial charge in [0.2, 0.25) is 5.91 Å². The number of ether oxygens (including phenoxy) is 1. The van der Waals surface area contributed by atoms with Crippen molar-refractivity contribution in [3.8, 4) is 0 Å². The summed E-state index contributed by atoms with van der Waals surface area (Å²) in [6.45, 7) is 4.15. The van der Waals surface area contributed by atoms with E-state index < -0.39 is 0 Å². The third-order valence-corrected chi connectivity index (χ3v) is 0.740. The van der Waals surface area contributed by atoms with Gasteiger partial charge in [0.1, 0.15) is 0 Å². The molecule has 9 heavy (non-hydrogen) atoms. The van der Waals surface area contributed by atoms with Gasteiger partial charge < -0.3 is 4.74 Å². The Hall–Kier alpha value is -0.860. The molecule has 0 saturated carbocycles. The Morgan fingerprint density at radius 2 is 2.33 bits per heavy atom. The summed E-state index contributed by atoms with van der Waals surface area (Å²) < 4.78 is 4.69. The fourth-order valence-electron chi connectivity index (χ4n) is 0.262. The zero-order chi connectivity index (χ0) is 7.11. The van der Waals surface area contributed by atoms with E-state index >= 15 is 0 Å². The highest BCUT2D eigenvalue weighted by atomic mass is 16.5. The van der Waals surface area contributed by atoms with Gasteiger partial charge in [0.15, 0.2) is 6.40 Å². The van der Waals surface area contributed by atoms with Crippen LogP contribution in [-0.4, -0.2) is 18.9 Å². The third kappa shape index (κ3) is 5.00. The lowest BCUT2D eigenvalue weighted by molar-refractivity contribution is -0.117. The van der Waals surface area contributed by atoms with Crippen LogP contribution in [0, 0.1) is 0 Å². The third-order valence-electron chi connectivity index (χ3n) is 0.740. The highest BCUT2D eigenvalue weighted by molar-refractivity contribution is 5.82. The number of carbonyl (C=O) groups is 1. The standard InChI is InChI=1S/C6H11NO2/c1-3-6(8)7-5-9-4-2/h5H,3-4H2,1-2H3. The molecule has 0 bridgehead atoms. The second-order valence-corrected chi connectivity index (χ2v) is 1.44. The molecule has 0 heterocycles. The SMILES string of the molecule is CCOC=NC(=O)CC. The van der Waals surface area contributed by atoms with Crippen molar-refractivity contribution < 1.29 is 9.53 Å². The predicted molar refractivity (Wildman–Crippen MR) is 35.4 cm³/mol. The van der Waals surface area contributed by atoms with Crippen LogP contribution in [0.1, 0.15) is 20.3 Å². The molecule has 0 spiro atoms. The molecule has 1 amide bonds. The summed E-state index contributed by atoms with van der Waals surface area (Å²) in [5, 5.41) is 0. The van der Waals surface area contributed by atoms with Gasteiger partial charge in [-0.15, -0.1) is 0 Å². The topological polar surface area (TPSA) is 38.7 Å². The number of amides is 1. The zero-order valence-corrected chi connectivity index (χ0v) is 5.76. The second-order valence-electron chi connectivity index (χ2n) is 1.44. The molecule has 0 aliphatic rings. The monoisotopic (exact) mass is 129 g/mol. The lowest BCUT2D eigenvalue weighted by Gasteiger charge is -1.88. The molecular weight excluding hydrogens is 118 g/mol. The van der Waals surface area contributed by atoms with E-state index in [1.165, 1.54) is 6.40 Å². The van der Waals surface area contributed by atoms with E-state index in [9.17, 15) is 4.79 Å². The first-order valence-electron chi connectivity index (χ1n) is 2.98. The summed E-state index contributed by atoms with van der Waals surface area (Å²) in [7, 11) is 0. The Bertz CT molecular complexity index is 110. The summed E-state index contributed by atoms with van der Waals surface area (Å²) in [4.78, 5) is 13.9. The molecule has 0 aromatic rings. The summed E-state index contributed by atoms with van der Waals surface area (Å²) in [5.74, 6) is -0.150. The van der Waals surface area contributed by atoms with Crippen molar-refractivity contribution in [3.63, 3.8) is 0 Å². The molecular formula is C6H11NO2. The molecule has 0 unspecified atom stereocenters. The highest BCUT2D eigenvalue weighted by Crippen LogP contribution is 1.79. The Morgan fingerprint density at radius 1 is 1.67 bits per heavy atom. The zero-order valence-electron chi connectivity index (χ0n) is 5.76. The molecule has 0 radical (unpaired) electrons. The van der Waals surface area contributed by atoms with E-state index in [1.54, 1.807) is 6.92 Å². The number of carbonyl (C=O) groups excluding carboxylic acids is 1. The van der Waals surface area contributed by atoms with Gasteiger partial charge in [0.05, 0.1) is 6.61 Å². The number of rotatable bonds is 3. The first-order valence-corrected chi connectivity index (χ1v) is 2.98. The number of nitrogens with zero attached hydrogens (tertiary/aromatic N) is 1. The van der Waals surface area contributed by atoms with Crippen molar-refractivity contribution in [1.82, 2.24) is 0 Å². The average Bonchev–Trinajstić information content (AvgIpc) is 1.89. The lowest BCUT2D eigenvalue weighted by atomic mass is 10.5. The van der Waals surface area contributed by atoms with Gasteiger partial charge >= 0.3 is 0 Å². The molecule has 0 atom stereocenters. The van der Waals surface area contributed by atoms with Gasteiger partial charge in [-0.1, -0.05) is 6.92 Å². The van der Waals surface area contributed by atoms with Crippen LogP contribution < -0.4 is 0 Å². The van der Waals surface area contributed by atoms with Crippen molar-refractivity contribution in [2.75, 3.05) is 6.61 Å². The minimum absolute atomic E-state index is 0.150. The van der Waals surface area contributed by atoms with Gasteiger partial charge in [-0.2, -0.15) is 4.99 Å². The Labute approximate surface area is 54.7 Å². The minimum Gasteiger partial charge on any atom is -0.483 e. The van der Waals surface area contributed by atoms with Crippen LogP contribution in [0.4, 0.5) is 0 Å². The van der Waals surface area contributed by atoms with E-state index in [-0.39, 0.29) is 5.91 Å². The van der Waals surface area contributed by atoms with Crippen molar-refractivity contribution >= 4 is 12.3 Å². The Kier molecular flexibility index (Phi) is 4.78. The summed E-state index contributed by atoms with van der Waals surface area (Å²) in [6.07, 6.45) is 1.62. The van der Waals surface area contributed by atoms with Crippen LogP contribution in [0.15, 0.2) is 4.99 Å². The van der Waals surface area contributed by atoms with Crippen LogP contribution in [0.5, 0.6) is 0 Å². The lowest BCUT2D eigenvalue weighted by Crippen LogP contribution is -1.92. The smallest absolute Gasteiger partial charge is 0.248 e. The molecule has 3 nitrogen and oxygen atoms in total. The normalized spacial score (nSPS) is 10.0. The van der Waals surface area contributed by atoms with E-state index in [4.69, 9.17) is 4.74 Å². The van der Waals surface area contributed by atoms with Crippen molar-refractivity contribution in [2.24, 2.45) is 4.99 Å². The van der Waals surface area contributed by atoms with Gasteiger partial charge in [-0.3, -0.25) is 4.79 Å². The molecule has 3 heteroatoms. The quantitative estimate of drug-likeness (QED) is 0.421. The largest absolute Gasteiger partial charge is 0.483 e. The van der Waals surface area contributed by atoms with Crippen LogP contribution in [-0.2, 0) is 9.53 Å². The fourth-order valence-corrected chi connectivity index (χ4v) is 0.262. The number of hydrogen-bond acceptors (Lipinski definition) is 2. The molecule has 0 saturated heterocycles. The Morgan fingerprint density at radius 3 is 2.78 bits per heavy atom. The van der Waals surface area contributed by atoms with Crippen molar-refractivity contribution in [3.05, 3.63) is 0 Å². The molecule has 0 aliphatic carbocycles. The minimum atomic E-state index is -0.150. The second kappa shape index (κ2) is 5.28. The van der Waals surface area contributed by atoms with E-state index in [0.29, 0.717) is 13.0 Å². The molecule has 52 valence electrons. The first-order chi connectivity index (χ1) is 4.31.